The lowest BCUT2D eigenvalue weighted by molar-refractivity contribution is -0.118. The summed E-state index contributed by atoms with van der Waals surface area (Å²) < 4.78 is 26.5. The van der Waals surface area contributed by atoms with Gasteiger partial charge < -0.3 is 10.6 Å². The maximum atomic E-state index is 11.9. The van der Waals surface area contributed by atoms with Crippen LogP contribution >= 0.6 is 0 Å². The van der Waals surface area contributed by atoms with E-state index in [0.717, 1.165) is 38.6 Å². The minimum Gasteiger partial charge on any atom is -0.354 e. The standard InChI is InChI=1S/C14H29N3O3S/c1-3-8-15-9-10-16-14(18)11-21(19,20)17-13-6-4-12(2)5-7-13/h12-13,15,17H,3-11H2,1-2H3,(H,16,18). The summed E-state index contributed by atoms with van der Waals surface area (Å²) in [6, 6.07) is -0.00905. The Labute approximate surface area is 128 Å². The summed E-state index contributed by atoms with van der Waals surface area (Å²) in [6.07, 6.45) is 4.85. The van der Waals surface area contributed by atoms with Crippen LogP contribution in [0.4, 0.5) is 0 Å². The predicted molar refractivity (Wildman–Crippen MR) is 84.5 cm³/mol. The van der Waals surface area contributed by atoms with Crippen molar-refractivity contribution < 1.29 is 13.2 Å². The van der Waals surface area contributed by atoms with Gasteiger partial charge >= 0.3 is 0 Å². The van der Waals surface area contributed by atoms with Gasteiger partial charge in [-0.25, -0.2) is 13.1 Å². The number of hydrogen-bond donors (Lipinski definition) is 3. The van der Waals surface area contributed by atoms with Crippen molar-refractivity contribution in [2.75, 3.05) is 25.4 Å². The van der Waals surface area contributed by atoms with Gasteiger partial charge in [-0.15, -0.1) is 0 Å². The second kappa shape index (κ2) is 9.38. The first-order chi connectivity index (χ1) is 9.93. The van der Waals surface area contributed by atoms with Gasteiger partial charge in [-0.2, -0.15) is 0 Å². The maximum Gasteiger partial charge on any atom is 0.236 e. The molecule has 1 fully saturated rings. The lowest BCUT2D eigenvalue weighted by Crippen LogP contribution is -2.43. The largest absolute Gasteiger partial charge is 0.354 e. The average molecular weight is 319 g/mol. The molecule has 1 amide bonds. The third kappa shape index (κ3) is 8.38. The van der Waals surface area contributed by atoms with Crippen molar-refractivity contribution in [3.63, 3.8) is 0 Å². The molecule has 1 aliphatic rings. The molecule has 7 heteroatoms. The molecule has 0 aliphatic heterocycles. The third-order valence-electron chi connectivity index (χ3n) is 3.73. The van der Waals surface area contributed by atoms with E-state index in [9.17, 15) is 13.2 Å². The van der Waals surface area contributed by atoms with Crippen molar-refractivity contribution in [3.8, 4) is 0 Å². The molecule has 0 heterocycles. The summed E-state index contributed by atoms with van der Waals surface area (Å²) in [6.45, 7) is 6.26. The molecule has 0 radical (unpaired) electrons. The van der Waals surface area contributed by atoms with E-state index in [1.54, 1.807) is 0 Å². The van der Waals surface area contributed by atoms with Crippen LogP contribution in [-0.4, -0.2) is 45.8 Å². The van der Waals surface area contributed by atoms with E-state index in [1.807, 2.05) is 0 Å². The highest BCUT2D eigenvalue weighted by Crippen LogP contribution is 2.23. The van der Waals surface area contributed by atoms with Gasteiger partial charge in [0, 0.05) is 19.1 Å². The number of carbonyl (C=O) groups is 1. The topological polar surface area (TPSA) is 87.3 Å². The summed E-state index contributed by atoms with van der Waals surface area (Å²) in [5.74, 6) is -0.248. The minimum atomic E-state index is -3.53. The number of hydrogen-bond acceptors (Lipinski definition) is 4. The molecule has 124 valence electrons. The van der Waals surface area contributed by atoms with Gasteiger partial charge in [-0.05, 0) is 44.6 Å². The monoisotopic (exact) mass is 319 g/mol. The van der Waals surface area contributed by atoms with Crippen molar-refractivity contribution in [1.82, 2.24) is 15.4 Å². The van der Waals surface area contributed by atoms with Gasteiger partial charge in [0.2, 0.25) is 15.9 Å². The van der Waals surface area contributed by atoms with Crippen LogP contribution in [0.2, 0.25) is 0 Å². The third-order valence-corrected chi connectivity index (χ3v) is 5.07. The van der Waals surface area contributed by atoms with Gasteiger partial charge in [0.25, 0.3) is 0 Å². The molecule has 0 spiro atoms. The van der Waals surface area contributed by atoms with Gasteiger partial charge in [-0.1, -0.05) is 13.8 Å². The van der Waals surface area contributed by atoms with E-state index >= 15 is 0 Å². The molecule has 6 nitrogen and oxygen atoms in total. The van der Waals surface area contributed by atoms with E-state index in [-0.39, 0.29) is 6.04 Å². The van der Waals surface area contributed by atoms with E-state index in [0.29, 0.717) is 19.0 Å². The second-order valence-corrected chi connectivity index (χ2v) is 7.69. The van der Waals surface area contributed by atoms with Gasteiger partial charge in [-0.3, -0.25) is 4.79 Å². The Morgan fingerprint density at radius 2 is 1.76 bits per heavy atom. The number of nitrogens with one attached hydrogen (secondary N) is 3. The second-order valence-electron chi connectivity index (χ2n) is 5.93. The Morgan fingerprint density at radius 3 is 2.38 bits per heavy atom. The molecular weight excluding hydrogens is 290 g/mol. The van der Waals surface area contributed by atoms with Crippen LogP contribution in [0.5, 0.6) is 0 Å². The van der Waals surface area contributed by atoms with Gasteiger partial charge in [0.05, 0.1) is 0 Å². The zero-order valence-electron chi connectivity index (χ0n) is 13.2. The number of rotatable bonds is 9. The fraction of sp³-hybridized carbons (Fsp3) is 0.929. The molecule has 0 aromatic carbocycles. The summed E-state index contributed by atoms with van der Waals surface area (Å²) >= 11 is 0. The lowest BCUT2D eigenvalue weighted by atomic mass is 9.88. The lowest BCUT2D eigenvalue weighted by Gasteiger charge is -2.26. The zero-order chi connectivity index (χ0) is 15.7. The Hall–Kier alpha value is -0.660. The van der Waals surface area contributed by atoms with E-state index in [4.69, 9.17) is 0 Å². The van der Waals surface area contributed by atoms with E-state index in [1.165, 1.54) is 0 Å². The minimum absolute atomic E-state index is 0.00905. The number of amides is 1. The van der Waals surface area contributed by atoms with Crippen LogP contribution in [0.1, 0.15) is 46.0 Å². The van der Waals surface area contributed by atoms with Crippen LogP contribution in [0.15, 0.2) is 0 Å². The van der Waals surface area contributed by atoms with Crippen LogP contribution in [0.25, 0.3) is 0 Å². The van der Waals surface area contributed by atoms with Crippen molar-refractivity contribution in [1.29, 1.82) is 0 Å². The molecule has 0 atom stereocenters. The molecule has 1 aliphatic carbocycles. The van der Waals surface area contributed by atoms with E-state index in [2.05, 4.69) is 29.2 Å². The molecule has 0 saturated heterocycles. The fourth-order valence-electron chi connectivity index (χ4n) is 2.49. The molecular formula is C14H29N3O3S. The van der Waals surface area contributed by atoms with Crippen LogP contribution < -0.4 is 15.4 Å². The molecule has 0 unspecified atom stereocenters. The number of carbonyl (C=O) groups excluding carboxylic acids is 1. The Balaban J connectivity index is 2.23. The molecule has 1 rings (SSSR count). The van der Waals surface area contributed by atoms with Gasteiger partial charge in [0.1, 0.15) is 5.75 Å². The molecule has 3 N–H and O–H groups in total. The zero-order valence-corrected chi connectivity index (χ0v) is 14.0. The number of sulfonamides is 1. The maximum absolute atomic E-state index is 11.9. The average Bonchev–Trinajstić information content (AvgIpc) is 2.40. The SMILES string of the molecule is CCCNCCNC(=O)CS(=O)(=O)NC1CCC(C)CC1. The normalized spacial score (nSPS) is 23.0. The van der Waals surface area contributed by atoms with Crippen molar-refractivity contribution in [2.24, 2.45) is 5.92 Å². The van der Waals surface area contributed by atoms with Crippen molar-refractivity contribution >= 4 is 15.9 Å². The highest BCUT2D eigenvalue weighted by Gasteiger charge is 2.24. The highest BCUT2D eigenvalue weighted by atomic mass is 32.2. The summed E-state index contributed by atoms with van der Waals surface area (Å²) in [7, 11) is -3.53. The molecule has 1 saturated carbocycles. The van der Waals surface area contributed by atoms with Crippen molar-refractivity contribution in [2.45, 2.75) is 52.0 Å². The Bertz CT molecular complexity index is 404. The Morgan fingerprint density at radius 1 is 1.10 bits per heavy atom. The first-order valence-electron chi connectivity index (χ1n) is 7.90. The van der Waals surface area contributed by atoms with Crippen molar-refractivity contribution in [3.05, 3.63) is 0 Å². The smallest absolute Gasteiger partial charge is 0.236 e. The first kappa shape index (κ1) is 18.4. The summed E-state index contributed by atoms with van der Waals surface area (Å²) in [4.78, 5) is 11.6. The Kier molecular flexibility index (Phi) is 8.21. The quantitative estimate of drug-likeness (QED) is 0.543. The van der Waals surface area contributed by atoms with Crippen LogP contribution in [-0.2, 0) is 14.8 Å². The predicted octanol–water partition coefficient (Wildman–Crippen LogP) is 0.600. The molecule has 0 aromatic rings. The molecule has 21 heavy (non-hydrogen) atoms. The summed E-state index contributed by atoms with van der Waals surface area (Å²) in [5, 5.41) is 5.76. The molecule has 0 aromatic heterocycles. The molecule has 0 bridgehead atoms. The summed E-state index contributed by atoms with van der Waals surface area (Å²) in [5.41, 5.74) is 0. The first-order valence-corrected chi connectivity index (χ1v) is 9.55. The highest BCUT2D eigenvalue weighted by molar-refractivity contribution is 7.90. The van der Waals surface area contributed by atoms with Gasteiger partial charge in [0.15, 0.2) is 0 Å². The van der Waals surface area contributed by atoms with Crippen LogP contribution in [0.3, 0.4) is 0 Å². The van der Waals surface area contributed by atoms with E-state index < -0.39 is 21.7 Å². The fourth-order valence-corrected chi connectivity index (χ4v) is 3.76. The van der Waals surface area contributed by atoms with Crippen LogP contribution in [0, 0.1) is 5.92 Å².